The van der Waals surface area contributed by atoms with Gasteiger partial charge in [-0.2, -0.15) is 0 Å². The summed E-state index contributed by atoms with van der Waals surface area (Å²) in [4.78, 5) is 31.6. The van der Waals surface area contributed by atoms with E-state index in [0.29, 0.717) is 31.3 Å². The molecule has 1 aromatic carbocycles. The Labute approximate surface area is 197 Å². The molecule has 5 rings (SSSR count). The molecule has 4 heterocycles. The summed E-state index contributed by atoms with van der Waals surface area (Å²) in [7, 11) is 1.47. The molecular weight excluding hydrogens is 418 g/mol. The molecule has 0 N–H and O–H groups in total. The molecule has 0 radical (unpaired) electrons. The topological polar surface area (TPSA) is 62.3 Å². The van der Waals surface area contributed by atoms with Gasteiger partial charge in [-0.05, 0) is 69.2 Å². The number of piperidine rings is 2. The van der Waals surface area contributed by atoms with E-state index >= 15 is 0 Å². The van der Waals surface area contributed by atoms with Crippen LogP contribution in [-0.2, 0) is 21.4 Å². The molecule has 7 nitrogen and oxygen atoms in total. The molecular formula is C26H37N3O4. The maximum atomic E-state index is 12.6. The second-order valence-corrected chi connectivity index (χ2v) is 10.3. The maximum absolute atomic E-state index is 12.6. The molecule has 33 heavy (non-hydrogen) atoms. The molecule has 7 heteroatoms. The molecule has 4 aliphatic heterocycles. The molecule has 3 saturated heterocycles. The SMILES string of the molecule is CCCOC(=O)N1C2CCC1CC(N1CCC3(CC1)CN(C(=O)OC)Cc1ccccc13)C2. The van der Waals surface area contributed by atoms with Gasteiger partial charge in [-0.3, -0.25) is 0 Å². The minimum Gasteiger partial charge on any atom is -0.453 e. The van der Waals surface area contributed by atoms with Gasteiger partial charge in [-0.15, -0.1) is 0 Å². The molecule has 2 amide bonds. The molecule has 2 unspecified atom stereocenters. The summed E-state index contributed by atoms with van der Waals surface area (Å²) < 4.78 is 10.5. The number of benzene rings is 1. The van der Waals surface area contributed by atoms with Crippen molar-refractivity contribution >= 4 is 12.2 Å². The van der Waals surface area contributed by atoms with E-state index in [1.807, 2.05) is 16.7 Å². The van der Waals surface area contributed by atoms with Crippen molar-refractivity contribution in [3.8, 4) is 0 Å². The number of fused-ring (bicyclic) bond motifs is 4. The Morgan fingerprint density at radius 2 is 1.73 bits per heavy atom. The minimum atomic E-state index is -0.231. The van der Waals surface area contributed by atoms with Crippen LogP contribution in [0.15, 0.2) is 24.3 Å². The Balaban J connectivity index is 1.26. The number of likely N-dealkylation sites (tertiary alicyclic amines) is 1. The molecule has 0 aliphatic carbocycles. The second-order valence-electron chi connectivity index (χ2n) is 10.3. The number of hydrogen-bond donors (Lipinski definition) is 0. The van der Waals surface area contributed by atoms with Crippen molar-refractivity contribution in [2.45, 2.75) is 82.0 Å². The van der Waals surface area contributed by atoms with E-state index in [9.17, 15) is 9.59 Å². The Morgan fingerprint density at radius 3 is 2.39 bits per heavy atom. The molecule has 0 aromatic heterocycles. The third-order valence-electron chi connectivity index (χ3n) is 8.50. The Hall–Kier alpha value is -2.28. The van der Waals surface area contributed by atoms with Gasteiger partial charge in [0.2, 0.25) is 0 Å². The monoisotopic (exact) mass is 455 g/mol. The van der Waals surface area contributed by atoms with Gasteiger partial charge in [-0.25, -0.2) is 9.59 Å². The fourth-order valence-electron chi connectivity index (χ4n) is 6.90. The predicted molar refractivity (Wildman–Crippen MR) is 125 cm³/mol. The van der Waals surface area contributed by atoms with Crippen LogP contribution in [0.25, 0.3) is 0 Å². The Morgan fingerprint density at radius 1 is 1.03 bits per heavy atom. The lowest BCUT2D eigenvalue weighted by Crippen LogP contribution is -2.57. The van der Waals surface area contributed by atoms with Crippen LogP contribution in [0, 0.1) is 0 Å². The van der Waals surface area contributed by atoms with Gasteiger partial charge in [0.1, 0.15) is 0 Å². The van der Waals surface area contributed by atoms with Crippen LogP contribution in [0.1, 0.15) is 63.0 Å². The van der Waals surface area contributed by atoms with Gasteiger partial charge in [0.05, 0.1) is 13.7 Å². The van der Waals surface area contributed by atoms with Crippen molar-refractivity contribution in [2.75, 3.05) is 33.4 Å². The Kier molecular flexibility index (Phi) is 6.25. The molecule has 1 aromatic rings. The zero-order valence-corrected chi connectivity index (χ0v) is 20.0. The molecule has 180 valence electrons. The summed E-state index contributed by atoms with van der Waals surface area (Å²) in [6, 6.07) is 9.79. The first-order valence-corrected chi connectivity index (χ1v) is 12.6. The smallest absolute Gasteiger partial charge is 0.410 e. The average Bonchev–Trinajstić information content (AvgIpc) is 3.11. The van der Waals surface area contributed by atoms with Gasteiger partial charge < -0.3 is 24.2 Å². The lowest BCUT2D eigenvalue weighted by Gasteiger charge is -2.51. The maximum Gasteiger partial charge on any atom is 0.410 e. The normalized spacial score (nSPS) is 28.5. The highest BCUT2D eigenvalue weighted by molar-refractivity contribution is 5.69. The first-order chi connectivity index (χ1) is 16.0. The van der Waals surface area contributed by atoms with Gasteiger partial charge >= 0.3 is 12.2 Å². The molecule has 2 bridgehead atoms. The minimum absolute atomic E-state index is 0.00315. The van der Waals surface area contributed by atoms with Crippen LogP contribution in [0.4, 0.5) is 9.59 Å². The van der Waals surface area contributed by atoms with Crippen molar-refractivity contribution in [2.24, 2.45) is 0 Å². The Bertz CT molecular complexity index is 868. The van der Waals surface area contributed by atoms with Crippen molar-refractivity contribution in [1.82, 2.24) is 14.7 Å². The highest BCUT2D eigenvalue weighted by atomic mass is 16.6. The van der Waals surface area contributed by atoms with E-state index in [-0.39, 0.29) is 17.6 Å². The van der Waals surface area contributed by atoms with E-state index in [4.69, 9.17) is 9.47 Å². The number of methoxy groups -OCH3 is 1. The van der Waals surface area contributed by atoms with E-state index in [2.05, 4.69) is 29.2 Å². The summed E-state index contributed by atoms with van der Waals surface area (Å²) in [5, 5.41) is 0. The van der Waals surface area contributed by atoms with Gasteiger partial charge in [0.25, 0.3) is 0 Å². The number of hydrogen-bond acceptors (Lipinski definition) is 5. The van der Waals surface area contributed by atoms with Gasteiger partial charge in [0, 0.05) is 36.6 Å². The van der Waals surface area contributed by atoms with Crippen molar-refractivity contribution in [1.29, 1.82) is 0 Å². The van der Waals surface area contributed by atoms with Gasteiger partial charge in [0.15, 0.2) is 0 Å². The number of carbonyl (C=O) groups is 2. The second kappa shape index (κ2) is 9.16. The van der Waals surface area contributed by atoms with Crippen LogP contribution in [0.5, 0.6) is 0 Å². The lowest BCUT2D eigenvalue weighted by molar-refractivity contribution is 0.0184. The first kappa shape index (κ1) is 22.5. The zero-order chi connectivity index (χ0) is 23.0. The van der Waals surface area contributed by atoms with E-state index in [1.54, 1.807) is 0 Å². The van der Waals surface area contributed by atoms with Crippen LogP contribution in [0.3, 0.4) is 0 Å². The van der Waals surface area contributed by atoms with Crippen molar-refractivity contribution in [3.05, 3.63) is 35.4 Å². The molecule has 2 atom stereocenters. The fraction of sp³-hybridized carbons (Fsp3) is 0.692. The standard InChI is InChI=1S/C26H37N3O4/c1-3-14-33-25(31)29-20-8-9-21(29)16-22(15-20)27-12-10-26(11-13-27)18-28(24(30)32-2)17-19-6-4-5-7-23(19)26/h4-7,20-22H,3,8-18H2,1-2H3. The molecule has 1 spiro atoms. The molecule has 4 aliphatic rings. The summed E-state index contributed by atoms with van der Waals surface area (Å²) in [5.74, 6) is 0. The third-order valence-corrected chi connectivity index (χ3v) is 8.50. The summed E-state index contributed by atoms with van der Waals surface area (Å²) in [6.07, 6.45) is 6.92. The summed E-state index contributed by atoms with van der Waals surface area (Å²) in [5.41, 5.74) is 2.67. The number of rotatable bonds is 3. The third kappa shape index (κ3) is 4.09. The quantitative estimate of drug-likeness (QED) is 0.685. The molecule has 3 fully saturated rings. The summed E-state index contributed by atoms with van der Waals surface area (Å²) in [6.45, 7) is 5.98. The van der Waals surface area contributed by atoms with E-state index < -0.39 is 0 Å². The van der Waals surface area contributed by atoms with Gasteiger partial charge in [-0.1, -0.05) is 31.2 Å². The molecule has 0 saturated carbocycles. The number of carbonyl (C=O) groups excluding carboxylic acids is 2. The summed E-state index contributed by atoms with van der Waals surface area (Å²) >= 11 is 0. The van der Waals surface area contributed by atoms with E-state index in [0.717, 1.165) is 64.6 Å². The lowest BCUT2D eigenvalue weighted by atomic mass is 9.68. The first-order valence-electron chi connectivity index (χ1n) is 12.6. The van der Waals surface area contributed by atoms with Crippen LogP contribution < -0.4 is 0 Å². The van der Waals surface area contributed by atoms with Crippen molar-refractivity contribution in [3.63, 3.8) is 0 Å². The highest BCUT2D eigenvalue weighted by Gasteiger charge is 2.48. The van der Waals surface area contributed by atoms with E-state index in [1.165, 1.54) is 18.2 Å². The zero-order valence-electron chi connectivity index (χ0n) is 20.0. The predicted octanol–water partition coefficient (Wildman–Crippen LogP) is 4.14. The number of nitrogens with zero attached hydrogens (tertiary/aromatic N) is 3. The highest BCUT2D eigenvalue weighted by Crippen LogP contribution is 2.44. The van der Waals surface area contributed by atoms with Crippen LogP contribution in [-0.4, -0.2) is 78.4 Å². The van der Waals surface area contributed by atoms with Crippen LogP contribution in [0.2, 0.25) is 0 Å². The number of ether oxygens (including phenoxy) is 2. The number of amides is 2. The average molecular weight is 456 g/mol. The van der Waals surface area contributed by atoms with Crippen molar-refractivity contribution < 1.29 is 19.1 Å². The largest absolute Gasteiger partial charge is 0.453 e. The fourth-order valence-corrected chi connectivity index (χ4v) is 6.90. The van der Waals surface area contributed by atoms with Crippen LogP contribution >= 0.6 is 0 Å².